The second kappa shape index (κ2) is 6.46. The second-order valence-electron chi connectivity index (χ2n) is 6.98. The summed E-state index contributed by atoms with van der Waals surface area (Å²) in [5.74, 6) is 1.39. The lowest BCUT2D eigenvalue weighted by atomic mass is 9.80. The molecule has 25 heavy (non-hydrogen) atoms. The first-order chi connectivity index (χ1) is 12.0. The summed E-state index contributed by atoms with van der Waals surface area (Å²) < 4.78 is 1.96. The number of aromatic amines is 1. The third-order valence-corrected chi connectivity index (χ3v) is 5.54. The van der Waals surface area contributed by atoms with Crippen molar-refractivity contribution < 1.29 is 5.11 Å². The van der Waals surface area contributed by atoms with Gasteiger partial charge in [0.05, 0.1) is 17.9 Å². The van der Waals surface area contributed by atoms with Crippen LogP contribution in [0.5, 0.6) is 0 Å². The molecule has 0 spiro atoms. The van der Waals surface area contributed by atoms with Crippen LogP contribution >= 0.6 is 11.6 Å². The normalized spacial score (nSPS) is 19.2. The maximum Gasteiger partial charge on any atom is 0.271 e. The van der Waals surface area contributed by atoms with Gasteiger partial charge >= 0.3 is 0 Å². The molecule has 4 rings (SSSR count). The molecule has 0 saturated heterocycles. The highest BCUT2D eigenvalue weighted by molar-refractivity contribution is 6.32. The van der Waals surface area contributed by atoms with E-state index in [1.165, 1.54) is 6.42 Å². The average Bonchev–Trinajstić information content (AvgIpc) is 2.81. The number of rotatable bonds is 3. The molecule has 2 aromatic heterocycles. The zero-order valence-electron chi connectivity index (χ0n) is 14.2. The van der Waals surface area contributed by atoms with E-state index in [0.717, 1.165) is 43.7 Å². The summed E-state index contributed by atoms with van der Waals surface area (Å²) in [4.78, 5) is 21.0. The van der Waals surface area contributed by atoms with Crippen molar-refractivity contribution in [3.63, 3.8) is 0 Å². The van der Waals surface area contributed by atoms with E-state index >= 15 is 0 Å². The second-order valence-corrected chi connectivity index (χ2v) is 7.36. The van der Waals surface area contributed by atoms with Crippen molar-refractivity contribution in [1.29, 1.82) is 0 Å². The number of nitrogens with zero attached hydrogens (tertiary/aromatic N) is 4. The van der Waals surface area contributed by atoms with Gasteiger partial charge in [0.2, 0.25) is 0 Å². The minimum absolute atomic E-state index is 0.119. The monoisotopic (exact) mass is 363 g/mol. The molecule has 1 aliphatic carbocycles. The van der Waals surface area contributed by atoms with Crippen LogP contribution in [0.25, 0.3) is 0 Å². The average molecular weight is 364 g/mol. The predicted molar refractivity (Wildman–Crippen MR) is 94.8 cm³/mol. The standard InChI is InChI=1S/C17H22ClN5O2/c1-10-19-16(14(18)17(25)20-10)22-6-3-7-23-12(9-22)8-13(21-23)15(24)11-4-2-5-11/h8,11,15,24H,2-7,9H2,1H3,(H,19,20,25). The van der Waals surface area contributed by atoms with Crippen LogP contribution in [0, 0.1) is 12.8 Å². The molecule has 2 aliphatic rings. The lowest BCUT2D eigenvalue weighted by Crippen LogP contribution is -2.27. The fraction of sp³-hybridized carbons (Fsp3) is 0.588. The molecule has 1 saturated carbocycles. The quantitative estimate of drug-likeness (QED) is 0.872. The molecular weight excluding hydrogens is 342 g/mol. The van der Waals surface area contributed by atoms with Crippen molar-refractivity contribution in [2.45, 2.75) is 51.8 Å². The van der Waals surface area contributed by atoms with Crippen molar-refractivity contribution >= 4 is 17.4 Å². The van der Waals surface area contributed by atoms with Gasteiger partial charge in [-0.05, 0) is 38.2 Å². The number of hydrogen-bond acceptors (Lipinski definition) is 5. The topological polar surface area (TPSA) is 87.0 Å². The first-order valence-electron chi connectivity index (χ1n) is 8.79. The molecule has 2 N–H and O–H groups in total. The van der Waals surface area contributed by atoms with Gasteiger partial charge in [0.15, 0.2) is 5.82 Å². The van der Waals surface area contributed by atoms with Gasteiger partial charge in [-0.15, -0.1) is 0 Å². The Balaban J connectivity index is 1.63. The lowest BCUT2D eigenvalue weighted by Gasteiger charge is -2.29. The van der Waals surface area contributed by atoms with Crippen LogP contribution in [0.2, 0.25) is 5.02 Å². The highest BCUT2D eigenvalue weighted by atomic mass is 35.5. The van der Waals surface area contributed by atoms with E-state index in [4.69, 9.17) is 11.6 Å². The van der Waals surface area contributed by atoms with E-state index in [1.54, 1.807) is 6.92 Å². The molecule has 0 aromatic carbocycles. The molecule has 0 radical (unpaired) electrons. The van der Waals surface area contributed by atoms with Crippen molar-refractivity contribution in [2.75, 3.05) is 11.4 Å². The van der Waals surface area contributed by atoms with Crippen molar-refractivity contribution in [3.05, 3.63) is 38.7 Å². The van der Waals surface area contributed by atoms with Gasteiger partial charge in [-0.25, -0.2) is 4.98 Å². The van der Waals surface area contributed by atoms with E-state index in [2.05, 4.69) is 15.1 Å². The van der Waals surface area contributed by atoms with Gasteiger partial charge in [-0.1, -0.05) is 18.0 Å². The van der Waals surface area contributed by atoms with Gasteiger partial charge < -0.3 is 15.0 Å². The minimum Gasteiger partial charge on any atom is -0.386 e. The van der Waals surface area contributed by atoms with E-state index < -0.39 is 6.10 Å². The third-order valence-electron chi connectivity index (χ3n) is 5.20. The van der Waals surface area contributed by atoms with Gasteiger partial charge in [-0.3, -0.25) is 9.48 Å². The number of aliphatic hydroxyl groups is 1. The largest absolute Gasteiger partial charge is 0.386 e. The van der Waals surface area contributed by atoms with E-state index in [9.17, 15) is 9.90 Å². The number of aromatic nitrogens is 4. The summed E-state index contributed by atoms with van der Waals surface area (Å²) in [5.41, 5.74) is 1.45. The first-order valence-corrected chi connectivity index (χ1v) is 9.17. The van der Waals surface area contributed by atoms with Crippen LogP contribution in [0.4, 0.5) is 5.82 Å². The van der Waals surface area contributed by atoms with Gasteiger partial charge in [-0.2, -0.15) is 5.10 Å². The molecule has 0 bridgehead atoms. The van der Waals surface area contributed by atoms with Gasteiger partial charge in [0.25, 0.3) is 5.56 Å². The molecule has 1 atom stereocenters. The minimum atomic E-state index is -0.481. The van der Waals surface area contributed by atoms with Crippen molar-refractivity contribution in [1.82, 2.24) is 19.7 Å². The van der Waals surface area contributed by atoms with Gasteiger partial charge in [0.1, 0.15) is 17.0 Å². The van der Waals surface area contributed by atoms with Gasteiger partial charge in [0, 0.05) is 13.1 Å². The smallest absolute Gasteiger partial charge is 0.271 e. The summed E-state index contributed by atoms with van der Waals surface area (Å²) in [6.07, 6.45) is 3.72. The van der Waals surface area contributed by atoms with Crippen LogP contribution in [0.3, 0.4) is 0 Å². The number of halogens is 1. The summed E-state index contributed by atoms with van der Waals surface area (Å²) in [7, 11) is 0. The van der Waals surface area contributed by atoms with Crippen LogP contribution in [0.1, 0.15) is 49.0 Å². The lowest BCUT2D eigenvalue weighted by molar-refractivity contribution is 0.0581. The van der Waals surface area contributed by atoms with Crippen LogP contribution in [-0.2, 0) is 13.1 Å². The Morgan fingerprint density at radius 2 is 2.16 bits per heavy atom. The molecular formula is C17H22ClN5O2. The van der Waals surface area contributed by atoms with E-state index in [0.29, 0.717) is 24.1 Å². The first kappa shape index (κ1) is 16.6. The van der Waals surface area contributed by atoms with Crippen molar-refractivity contribution in [3.8, 4) is 0 Å². The van der Waals surface area contributed by atoms with Crippen LogP contribution in [0.15, 0.2) is 10.9 Å². The molecule has 1 unspecified atom stereocenters. The molecule has 0 amide bonds. The Hall–Kier alpha value is -1.86. The molecule has 3 heterocycles. The maximum atomic E-state index is 11.9. The number of hydrogen-bond donors (Lipinski definition) is 2. The number of nitrogens with one attached hydrogen (secondary N) is 1. The Labute approximate surface area is 150 Å². The zero-order valence-corrected chi connectivity index (χ0v) is 15.0. The summed E-state index contributed by atoms with van der Waals surface area (Å²) >= 11 is 6.19. The third kappa shape index (κ3) is 3.06. The number of aryl methyl sites for hydroxylation is 2. The van der Waals surface area contributed by atoms with E-state index in [1.807, 2.05) is 15.6 Å². The number of aliphatic hydroxyl groups excluding tert-OH is 1. The Morgan fingerprint density at radius 3 is 2.88 bits per heavy atom. The van der Waals surface area contributed by atoms with Crippen molar-refractivity contribution in [2.24, 2.45) is 5.92 Å². The fourth-order valence-corrected chi connectivity index (χ4v) is 3.78. The highest BCUT2D eigenvalue weighted by Gasteiger charge is 2.30. The number of fused-ring (bicyclic) bond motifs is 1. The maximum absolute atomic E-state index is 11.9. The number of anilines is 1. The molecule has 1 fully saturated rings. The molecule has 2 aromatic rings. The summed E-state index contributed by atoms with van der Waals surface area (Å²) in [5, 5.41) is 15.2. The van der Waals surface area contributed by atoms with Crippen LogP contribution < -0.4 is 10.5 Å². The summed E-state index contributed by atoms with van der Waals surface area (Å²) in [6.45, 7) is 3.85. The predicted octanol–water partition coefficient (Wildman–Crippen LogP) is 2.17. The Morgan fingerprint density at radius 1 is 1.36 bits per heavy atom. The Kier molecular flexibility index (Phi) is 4.29. The number of H-pyrrole nitrogens is 1. The Bertz CT molecular complexity index is 842. The molecule has 7 nitrogen and oxygen atoms in total. The van der Waals surface area contributed by atoms with E-state index in [-0.39, 0.29) is 10.6 Å². The molecule has 8 heteroatoms. The fourth-order valence-electron chi connectivity index (χ4n) is 3.57. The van der Waals surface area contributed by atoms with Crippen LogP contribution in [-0.4, -0.2) is 31.4 Å². The highest BCUT2D eigenvalue weighted by Crippen LogP contribution is 2.37. The SMILES string of the molecule is Cc1nc(N2CCCn3nc(C(O)C4CCC4)cc3C2)c(Cl)c(=O)[nH]1. The molecule has 134 valence electrons. The zero-order chi connectivity index (χ0) is 17.6. The summed E-state index contributed by atoms with van der Waals surface area (Å²) in [6, 6.07) is 1.98. The molecule has 1 aliphatic heterocycles.